The lowest BCUT2D eigenvalue weighted by Crippen LogP contribution is -2.13. The Hall–Kier alpha value is -1.04. The van der Waals surface area contributed by atoms with Gasteiger partial charge in [-0.25, -0.2) is 0 Å². The van der Waals surface area contributed by atoms with E-state index in [1.54, 1.807) is 18.4 Å². The van der Waals surface area contributed by atoms with Crippen molar-refractivity contribution in [2.24, 2.45) is 0 Å². The van der Waals surface area contributed by atoms with Crippen molar-refractivity contribution in [1.82, 2.24) is 5.32 Å². The van der Waals surface area contributed by atoms with Crippen LogP contribution in [0, 0.1) is 0 Å². The minimum atomic E-state index is 0.585. The first-order valence-corrected chi connectivity index (χ1v) is 8.13. The number of ether oxygens (including phenoxy) is 2. The summed E-state index contributed by atoms with van der Waals surface area (Å²) in [6.07, 6.45) is 0. The standard InChI is InChI=1S/C15H18BrNO2S/c1-3-17-8-11-6-13(18-2)4-5-15(11)19-9-14-7-12(16)10-20-14/h4-7,10,17H,3,8-9H2,1-2H3. The smallest absolute Gasteiger partial charge is 0.124 e. The van der Waals surface area contributed by atoms with E-state index in [0.717, 1.165) is 34.6 Å². The lowest BCUT2D eigenvalue weighted by molar-refractivity contribution is 0.304. The largest absolute Gasteiger partial charge is 0.497 e. The predicted octanol–water partition coefficient (Wildman–Crippen LogP) is 4.21. The summed E-state index contributed by atoms with van der Waals surface area (Å²) >= 11 is 5.14. The molecular weight excluding hydrogens is 338 g/mol. The molecule has 2 rings (SSSR count). The molecule has 1 N–H and O–H groups in total. The van der Waals surface area contributed by atoms with Gasteiger partial charge in [-0.05, 0) is 46.7 Å². The van der Waals surface area contributed by atoms with Gasteiger partial charge < -0.3 is 14.8 Å². The van der Waals surface area contributed by atoms with Crippen molar-refractivity contribution in [3.63, 3.8) is 0 Å². The van der Waals surface area contributed by atoms with Gasteiger partial charge in [-0.2, -0.15) is 0 Å². The molecule has 1 heterocycles. The van der Waals surface area contributed by atoms with Gasteiger partial charge in [0.1, 0.15) is 18.1 Å². The van der Waals surface area contributed by atoms with Gasteiger partial charge >= 0.3 is 0 Å². The number of rotatable bonds is 7. The van der Waals surface area contributed by atoms with Crippen molar-refractivity contribution < 1.29 is 9.47 Å². The van der Waals surface area contributed by atoms with Crippen LogP contribution in [0.15, 0.2) is 34.1 Å². The summed E-state index contributed by atoms with van der Waals surface area (Å²) in [4.78, 5) is 1.20. The third-order valence-electron chi connectivity index (χ3n) is 2.82. The molecule has 1 aromatic carbocycles. The van der Waals surface area contributed by atoms with E-state index >= 15 is 0 Å². The molecule has 108 valence electrons. The second kappa shape index (κ2) is 7.67. The Morgan fingerprint density at radius 2 is 2.15 bits per heavy atom. The van der Waals surface area contributed by atoms with Gasteiger partial charge in [0.2, 0.25) is 0 Å². The quantitative estimate of drug-likeness (QED) is 0.806. The van der Waals surface area contributed by atoms with Gasteiger partial charge in [0.05, 0.1) is 7.11 Å². The van der Waals surface area contributed by atoms with Crippen molar-refractivity contribution in [2.75, 3.05) is 13.7 Å². The fourth-order valence-corrected chi connectivity index (χ4v) is 3.16. The fraction of sp³-hybridized carbons (Fsp3) is 0.333. The molecule has 0 amide bonds. The number of methoxy groups -OCH3 is 1. The summed E-state index contributed by atoms with van der Waals surface area (Å²) in [5.41, 5.74) is 1.11. The van der Waals surface area contributed by atoms with Gasteiger partial charge in [0, 0.05) is 26.8 Å². The molecule has 0 unspecified atom stereocenters. The molecule has 0 saturated heterocycles. The Bertz CT molecular complexity index is 557. The summed E-state index contributed by atoms with van der Waals surface area (Å²) in [6.45, 7) is 4.37. The fourth-order valence-electron chi connectivity index (χ4n) is 1.80. The van der Waals surface area contributed by atoms with Gasteiger partial charge in [-0.15, -0.1) is 11.3 Å². The maximum atomic E-state index is 5.93. The number of thiophene rings is 1. The zero-order chi connectivity index (χ0) is 14.4. The summed E-state index contributed by atoms with van der Waals surface area (Å²) < 4.78 is 12.3. The highest BCUT2D eigenvalue weighted by atomic mass is 79.9. The molecule has 3 nitrogen and oxygen atoms in total. The Kier molecular flexibility index (Phi) is 5.88. The number of halogens is 1. The minimum absolute atomic E-state index is 0.585. The Labute approximate surface area is 132 Å². The van der Waals surface area contributed by atoms with E-state index < -0.39 is 0 Å². The van der Waals surface area contributed by atoms with E-state index in [1.165, 1.54) is 4.88 Å². The summed E-state index contributed by atoms with van der Waals surface area (Å²) in [6, 6.07) is 7.99. The Morgan fingerprint density at radius 1 is 1.30 bits per heavy atom. The van der Waals surface area contributed by atoms with Gasteiger partial charge in [-0.1, -0.05) is 6.92 Å². The first-order valence-electron chi connectivity index (χ1n) is 6.46. The maximum absolute atomic E-state index is 5.93. The molecule has 0 atom stereocenters. The van der Waals surface area contributed by atoms with E-state index in [0.29, 0.717) is 6.61 Å². The van der Waals surface area contributed by atoms with E-state index in [-0.39, 0.29) is 0 Å². The molecule has 0 aliphatic carbocycles. The minimum Gasteiger partial charge on any atom is -0.497 e. The van der Waals surface area contributed by atoms with Gasteiger partial charge in [0.15, 0.2) is 0 Å². The lowest BCUT2D eigenvalue weighted by Gasteiger charge is -2.12. The average molecular weight is 356 g/mol. The summed E-state index contributed by atoms with van der Waals surface area (Å²) in [5, 5.41) is 5.38. The second-order valence-electron chi connectivity index (χ2n) is 4.27. The van der Waals surface area contributed by atoms with Crippen LogP contribution in [0.3, 0.4) is 0 Å². The molecule has 0 bridgehead atoms. The van der Waals surface area contributed by atoms with E-state index in [2.05, 4.69) is 39.6 Å². The molecule has 0 saturated carbocycles. The van der Waals surface area contributed by atoms with E-state index in [4.69, 9.17) is 9.47 Å². The maximum Gasteiger partial charge on any atom is 0.124 e. The average Bonchev–Trinajstić information content (AvgIpc) is 2.89. The molecule has 0 spiro atoms. The summed E-state index contributed by atoms with van der Waals surface area (Å²) in [5.74, 6) is 1.75. The van der Waals surface area contributed by atoms with Crippen LogP contribution in [0.4, 0.5) is 0 Å². The van der Waals surface area contributed by atoms with Crippen LogP contribution in [0.1, 0.15) is 17.4 Å². The van der Waals surface area contributed by atoms with Crippen molar-refractivity contribution in [1.29, 1.82) is 0 Å². The zero-order valence-electron chi connectivity index (χ0n) is 11.6. The molecule has 0 aliphatic rings. The molecule has 20 heavy (non-hydrogen) atoms. The molecule has 0 radical (unpaired) electrons. The third-order valence-corrected chi connectivity index (χ3v) is 4.50. The number of nitrogens with one attached hydrogen (secondary N) is 1. The highest BCUT2D eigenvalue weighted by Gasteiger charge is 2.07. The lowest BCUT2D eigenvalue weighted by atomic mass is 10.2. The Morgan fingerprint density at radius 3 is 2.80 bits per heavy atom. The van der Waals surface area contributed by atoms with Crippen LogP contribution in [-0.4, -0.2) is 13.7 Å². The molecule has 1 aromatic heterocycles. The number of benzene rings is 1. The SMILES string of the molecule is CCNCc1cc(OC)ccc1OCc1cc(Br)cs1. The third kappa shape index (κ3) is 4.23. The monoisotopic (exact) mass is 355 g/mol. The van der Waals surface area contributed by atoms with Crippen molar-refractivity contribution >= 4 is 27.3 Å². The first kappa shape index (κ1) is 15.4. The molecular formula is C15H18BrNO2S. The van der Waals surface area contributed by atoms with Crippen LogP contribution in [0.2, 0.25) is 0 Å². The van der Waals surface area contributed by atoms with Crippen LogP contribution in [0.25, 0.3) is 0 Å². The highest BCUT2D eigenvalue weighted by Crippen LogP contribution is 2.26. The number of hydrogen-bond donors (Lipinski definition) is 1. The zero-order valence-corrected chi connectivity index (χ0v) is 14.0. The van der Waals surface area contributed by atoms with E-state index in [9.17, 15) is 0 Å². The predicted molar refractivity (Wildman–Crippen MR) is 86.7 cm³/mol. The van der Waals surface area contributed by atoms with Crippen molar-refractivity contribution in [3.05, 3.63) is 44.6 Å². The van der Waals surface area contributed by atoms with Crippen molar-refractivity contribution in [3.8, 4) is 11.5 Å². The Balaban J connectivity index is 2.08. The van der Waals surface area contributed by atoms with Crippen LogP contribution < -0.4 is 14.8 Å². The van der Waals surface area contributed by atoms with Gasteiger partial charge in [0.25, 0.3) is 0 Å². The number of hydrogen-bond acceptors (Lipinski definition) is 4. The summed E-state index contributed by atoms with van der Waals surface area (Å²) in [7, 11) is 1.68. The van der Waals surface area contributed by atoms with E-state index in [1.807, 2.05) is 18.2 Å². The van der Waals surface area contributed by atoms with Gasteiger partial charge in [-0.3, -0.25) is 0 Å². The van der Waals surface area contributed by atoms with Crippen LogP contribution >= 0.6 is 27.3 Å². The normalized spacial score (nSPS) is 10.6. The van der Waals surface area contributed by atoms with Crippen LogP contribution in [-0.2, 0) is 13.2 Å². The topological polar surface area (TPSA) is 30.5 Å². The first-order chi connectivity index (χ1) is 9.72. The van der Waals surface area contributed by atoms with Crippen LogP contribution in [0.5, 0.6) is 11.5 Å². The molecule has 0 aliphatic heterocycles. The second-order valence-corrected chi connectivity index (χ2v) is 6.19. The molecule has 0 fully saturated rings. The highest BCUT2D eigenvalue weighted by molar-refractivity contribution is 9.10. The molecule has 5 heteroatoms. The van der Waals surface area contributed by atoms with Crippen molar-refractivity contribution in [2.45, 2.75) is 20.1 Å². The molecule has 2 aromatic rings.